The van der Waals surface area contributed by atoms with Gasteiger partial charge in [-0.1, -0.05) is 74.3 Å². The molecule has 206 valence electrons. The molecule has 0 amide bonds. The van der Waals surface area contributed by atoms with Gasteiger partial charge in [-0.15, -0.1) is 0 Å². The Morgan fingerprint density at radius 1 is 0.605 bits per heavy atom. The maximum Gasteiger partial charge on any atom is 0.131 e. The van der Waals surface area contributed by atoms with Gasteiger partial charge < -0.3 is 10.2 Å². The molecule has 0 spiro atoms. The molecule has 0 aliphatic heterocycles. The molecule has 3 aromatic rings. The second-order valence-electron chi connectivity index (χ2n) is 12.2. The molecule has 0 aromatic heterocycles. The Balaban J connectivity index is 1.67. The molecule has 2 heteroatoms. The first-order chi connectivity index (χ1) is 18.2. The molecule has 38 heavy (non-hydrogen) atoms. The van der Waals surface area contributed by atoms with Crippen molar-refractivity contribution in [3.63, 3.8) is 0 Å². The predicted molar refractivity (Wildman–Crippen MR) is 166 cm³/mol. The highest BCUT2D eigenvalue weighted by Crippen LogP contribution is 2.42. The summed E-state index contributed by atoms with van der Waals surface area (Å²) in [5, 5.41) is 25.3. The first-order valence-electron chi connectivity index (χ1n) is 14.8. The number of rotatable bonds is 14. The van der Waals surface area contributed by atoms with Gasteiger partial charge in [0.2, 0.25) is 0 Å². The number of hydrogen-bond donors (Lipinski definition) is 2. The maximum atomic E-state index is 11.3. The molecule has 0 aliphatic rings. The van der Waals surface area contributed by atoms with E-state index in [1.807, 2.05) is 12.1 Å². The molecule has 3 rings (SSSR count). The van der Waals surface area contributed by atoms with E-state index in [-0.39, 0.29) is 5.75 Å². The van der Waals surface area contributed by atoms with Crippen molar-refractivity contribution in [3.8, 4) is 11.5 Å². The zero-order valence-electron chi connectivity index (χ0n) is 24.7. The summed E-state index contributed by atoms with van der Waals surface area (Å²) in [7, 11) is 0. The summed E-state index contributed by atoms with van der Waals surface area (Å²) < 4.78 is 0. The topological polar surface area (TPSA) is 40.5 Å². The summed E-state index contributed by atoms with van der Waals surface area (Å²) >= 11 is 0. The van der Waals surface area contributed by atoms with Crippen LogP contribution >= 0.6 is 0 Å². The largest absolute Gasteiger partial charge is 0.507 e. The number of phenolic OH excluding ortho intramolecular Hbond substituents is 2. The van der Waals surface area contributed by atoms with E-state index in [2.05, 4.69) is 78.0 Å². The van der Waals surface area contributed by atoms with Crippen LogP contribution < -0.4 is 0 Å². The van der Waals surface area contributed by atoms with Crippen LogP contribution in [0.4, 0.5) is 0 Å². The van der Waals surface area contributed by atoms with Crippen molar-refractivity contribution in [3.05, 3.63) is 70.8 Å². The van der Waals surface area contributed by atoms with E-state index < -0.39 is 0 Å². The Labute approximate surface area is 231 Å². The van der Waals surface area contributed by atoms with Crippen LogP contribution in [0.1, 0.15) is 104 Å². The fraction of sp³-hybridized carbons (Fsp3) is 0.500. The molecule has 0 aliphatic carbocycles. The molecule has 0 saturated heterocycles. The van der Waals surface area contributed by atoms with E-state index in [9.17, 15) is 10.2 Å². The Bertz CT molecular complexity index is 1160. The third-order valence-corrected chi connectivity index (χ3v) is 7.94. The average Bonchev–Trinajstić information content (AvgIpc) is 2.86. The zero-order chi connectivity index (χ0) is 27.7. The summed E-state index contributed by atoms with van der Waals surface area (Å²) in [6.07, 6.45) is 16.1. The van der Waals surface area contributed by atoms with E-state index >= 15 is 0 Å². The molecule has 2 N–H and O–H groups in total. The lowest BCUT2D eigenvalue weighted by Gasteiger charge is -2.14. The third-order valence-electron chi connectivity index (χ3n) is 7.94. The summed E-state index contributed by atoms with van der Waals surface area (Å²) in [6, 6.07) is 12.3. The van der Waals surface area contributed by atoms with Crippen LogP contribution in [0.25, 0.3) is 21.5 Å². The minimum Gasteiger partial charge on any atom is -0.507 e. The lowest BCUT2D eigenvalue weighted by Crippen LogP contribution is -1.96. The number of hydrogen-bond acceptors (Lipinski definition) is 2. The van der Waals surface area contributed by atoms with Crippen LogP contribution in [0.2, 0.25) is 0 Å². The van der Waals surface area contributed by atoms with Gasteiger partial charge in [-0.3, -0.25) is 0 Å². The normalized spacial score (nSPS) is 13.0. The number of aryl methyl sites for hydroxylation is 2. The number of aromatic hydroxyl groups is 2. The van der Waals surface area contributed by atoms with Gasteiger partial charge in [0, 0.05) is 21.5 Å². The van der Waals surface area contributed by atoms with Gasteiger partial charge in [0.05, 0.1) is 0 Å². The van der Waals surface area contributed by atoms with Crippen molar-refractivity contribution in [1.29, 1.82) is 0 Å². The first kappa shape index (κ1) is 29.8. The van der Waals surface area contributed by atoms with Gasteiger partial charge >= 0.3 is 0 Å². The molecule has 0 heterocycles. The Hall–Kier alpha value is -2.74. The highest BCUT2D eigenvalue weighted by atomic mass is 16.3. The minimum absolute atomic E-state index is 0.270. The first-order valence-corrected chi connectivity index (χ1v) is 14.8. The SMILES string of the molecule is CC(C)=CCCC(C)CCCc1ccc2c(O)c3ccc(CCCC(C)CCC=C(C)C)cc3c(O)c2c1. The number of fused-ring (bicyclic) bond motifs is 2. The summed E-state index contributed by atoms with van der Waals surface area (Å²) in [6.45, 7) is 13.3. The monoisotopic (exact) mass is 514 g/mol. The lowest BCUT2D eigenvalue weighted by atomic mass is 9.93. The van der Waals surface area contributed by atoms with E-state index in [0.717, 1.165) is 60.1 Å². The van der Waals surface area contributed by atoms with E-state index in [0.29, 0.717) is 17.6 Å². The lowest BCUT2D eigenvalue weighted by molar-refractivity contribution is 0.476. The highest BCUT2D eigenvalue weighted by molar-refractivity contribution is 6.10. The van der Waals surface area contributed by atoms with Gasteiger partial charge in [0.25, 0.3) is 0 Å². The van der Waals surface area contributed by atoms with Gasteiger partial charge in [-0.2, -0.15) is 0 Å². The molecule has 2 atom stereocenters. The van der Waals surface area contributed by atoms with Crippen LogP contribution in [0.3, 0.4) is 0 Å². The maximum absolute atomic E-state index is 11.3. The summed E-state index contributed by atoms with van der Waals surface area (Å²) in [4.78, 5) is 0. The molecule has 2 nitrogen and oxygen atoms in total. The van der Waals surface area contributed by atoms with Crippen molar-refractivity contribution >= 4 is 21.5 Å². The van der Waals surface area contributed by atoms with Gasteiger partial charge in [-0.25, -0.2) is 0 Å². The van der Waals surface area contributed by atoms with Crippen molar-refractivity contribution in [1.82, 2.24) is 0 Å². The Kier molecular flexibility index (Phi) is 11.3. The molecule has 3 aromatic carbocycles. The minimum atomic E-state index is 0.270. The van der Waals surface area contributed by atoms with Crippen molar-refractivity contribution in [2.24, 2.45) is 11.8 Å². The van der Waals surface area contributed by atoms with Crippen molar-refractivity contribution in [2.75, 3.05) is 0 Å². The molecular formula is C36H50O2. The van der Waals surface area contributed by atoms with E-state index in [1.165, 1.54) is 48.0 Å². The van der Waals surface area contributed by atoms with Crippen molar-refractivity contribution < 1.29 is 10.2 Å². The molecule has 2 unspecified atom stereocenters. The average molecular weight is 515 g/mol. The summed E-state index contributed by atoms with van der Waals surface area (Å²) in [5.74, 6) is 1.99. The second-order valence-corrected chi connectivity index (χ2v) is 12.2. The second kappa shape index (κ2) is 14.4. The van der Waals surface area contributed by atoms with Gasteiger partial charge in [0.15, 0.2) is 0 Å². The number of allylic oxidation sites excluding steroid dienone is 4. The van der Waals surface area contributed by atoms with E-state index in [1.54, 1.807) is 0 Å². The molecule has 0 fully saturated rings. The van der Waals surface area contributed by atoms with E-state index in [4.69, 9.17) is 0 Å². The number of phenols is 2. The number of benzene rings is 3. The highest BCUT2D eigenvalue weighted by Gasteiger charge is 2.14. The quantitative estimate of drug-likeness (QED) is 0.128. The third kappa shape index (κ3) is 8.65. The molecule has 0 bridgehead atoms. The standard InChI is InChI=1S/C36H50O2/c1-25(2)11-7-13-27(5)15-9-17-29-19-21-31-33(23-29)36(38)34-24-30(20-22-32(34)35(31)37)18-10-16-28(6)14-8-12-26(3)4/h11-12,19-24,27-28,37-38H,7-10,13-18H2,1-6H3. The predicted octanol–water partition coefficient (Wildman–Crippen LogP) is 10.8. The Morgan fingerprint density at radius 2 is 1.00 bits per heavy atom. The van der Waals surface area contributed by atoms with Gasteiger partial charge in [-0.05, 0) is 114 Å². The fourth-order valence-corrected chi connectivity index (χ4v) is 5.50. The van der Waals surface area contributed by atoms with Crippen LogP contribution in [0.15, 0.2) is 59.7 Å². The zero-order valence-corrected chi connectivity index (χ0v) is 24.7. The van der Waals surface area contributed by atoms with Crippen LogP contribution in [0.5, 0.6) is 11.5 Å². The Morgan fingerprint density at radius 3 is 1.39 bits per heavy atom. The summed E-state index contributed by atoms with van der Waals surface area (Å²) in [5.41, 5.74) is 5.25. The molecule has 0 saturated carbocycles. The molecule has 0 radical (unpaired) electrons. The smallest absolute Gasteiger partial charge is 0.131 e. The fourth-order valence-electron chi connectivity index (χ4n) is 5.50. The van der Waals surface area contributed by atoms with Crippen molar-refractivity contribution in [2.45, 2.75) is 106 Å². The van der Waals surface area contributed by atoms with Gasteiger partial charge in [0.1, 0.15) is 11.5 Å². The molecular weight excluding hydrogens is 464 g/mol. The van der Waals surface area contributed by atoms with Crippen LogP contribution in [-0.4, -0.2) is 10.2 Å². The van der Waals surface area contributed by atoms with Crippen LogP contribution in [0, 0.1) is 11.8 Å². The van der Waals surface area contributed by atoms with Crippen LogP contribution in [-0.2, 0) is 12.8 Å².